The van der Waals surface area contributed by atoms with Crippen LogP contribution in [0.3, 0.4) is 0 Å². The van der Waals surface area contributed by atoms with Gasteiger partial charge in [-0.1, -0.05) is 42.3 Å². The van der Waals surface area contributed by atoms with Crippen molar-refractivity contribution in [3.8, 4) is 5.75 Å². The van der Waals surface area contributed by atoms with Gasteiger partial charge in [-0.15, -0.1) is 0 Å². The zero-order chi connectivity index (χ0) is 20.6. The number of hydrogen-bond acceptors (Lipinski definition) is 3. The topological polar surface area (TPSA) is 38.3 Å². The number of halogens is 2. The van der Waals surface area contributed by atoms with Crippen LogP contribution >= 0.6 is 35.0 Å². The van der Waals surface area contributed by atoms with E-state index < -0.39 is 6.10 Å². The average Bonchev–Trinajstić information content (AvgIpc) is 2.72. The summed E-state index contributed by atoms with van der Waals surface area (Å²) in [6, 6.07) is 11.8. The van der Waals surface area contributed by atoms with E-state index in [2.05, 4.69) is 17.4 Å². The van der Waals surface area contributed by atoms with Gasteiger partial charge in [0.1, 0.15) is 5.75 Å². The molecule has 0 aliphatic heterocycles. The maximum absolute atomic E-state index is 12.5. The zero-order valence-corrected chi connectivity index (χ0v) is 19.0. The van der Waals surface area contributed by atoms with Crippen LogP contribution < -0.4 is 10.1 Å². The zero-order valence-electron chi connectivity index (χ0n) is 16.7. The SMILES string of the molecule is CCC(Oc1ccc2c(c1)CCCC2)C(=O)NCCSCc1ccc(Cl)cc1Cl. The molecule has 0 aromatic heterocycles. The summed E-state index contributed by atoms with van der Waals surface area (Å²) in [5, 5.41) is 4.31. The molecule has 0 bridgehead atoms. The van der Waals surface area contributed by atoms with Crippen molar-refractivity contribution in [2.75, 3.05) is 12.3 Å². The fraction of sp³-hybridized carbons (Fsp3) is 0.435. The minimum absolute atomic E-state index is 0.0599. The lowest BCUT2D eigenvalue weighted by Crippen LogP contribution is -2.39. The number of carbonyl (C=O) groups is 1. The molecular formula is C23H27Cl2NO2S. The van der Waals surface area contributed by atoms with Crippen LogP contribution in [0.15, 0.2) is 36.4 Å². The van der Waals surface area contributed by atoms with Crippen molar-refractivity contribution in [2.45, 2.75) is 50.9 Å². The third-order valence-electron chi connectivity index (χ3n) is 5.08. The highest BCUT2D eigenvalue weighted by molar-refractivity contribution is 7.98. The molecule has 1 aliphatic rings. The minimum atomic E-state index is -0.465. The first-order chi connectivity index (χ1) is 14.1. The van der Waals surface area contributed by atoms with E-state index in [0.717, 1.165) is 35.7 Å². The summed E-state index contributed by atoms with van der Waals surface area (Å²) in [5.41, 5.74) is 3.83. The van der Waals surface area contributed by atoms with Gasteiger partial charge in [-0.25, -0.2) is 0 Å². The summed E-state index contributed by atoms with van der Waals surface area (Å²) in [7, 11) is 0. The molecule has 1 atom stereocenters. The Kier molecular flexibility index (Phi) is 8.58. The van der Waals surface area contributed by atoms with Gasteiger partial charge in [0.15, 0.2) is 6.10 Å². The number of carbonyl (C=O) groups excluding carboxylic acids is 1. The van der Waals surface area contributed by atoms with Gasteiger partial charge < -0.3 is 10.1 Å². The Bertz CT molecular complexity index is 844. The summed E-state index contributed by atoms with van der Waals surface area (Å²) in [5.74, 6) is 2.32. The number of nitrogens with one attached hydrogen (secondary N) is 1. The predicted molar refractivity (Wildman–Crippen MR) is 123 cm³/mol. The van der Waals surface area contributed by atoms with Crippen molar-refractivity contribution in [3.63, 3.8) is 0 Å². The molecular weight excluding hydrogens is 425 g/mol. The number of ether oxygens (including phenoxy) is 1. The third-order valence-corrected chi connectivity index (χ3v) is 6.67. The highest BCUT2D eigenvalue weighted by atomic mass is 35.5. The molecule has 1 amide bonds. The molecule has 3 nitrogen and oxygen atoms in total. The van der Waals surface area contributed by atoms with Crippen LogP contribution in [0.2, 0.25) is 10.0 Å². The standard InChI is InChI=1S/C23H27Cl2NO2S/c1-2-22(28-20-10-8-16-5-3-4-6-17(16)13-20)23(27)26-11-12-29-15-18-7-9-19(24)14-21(18)25/h7-10,13-14,22H,2-6,11-12,15H2,1H3,(H,26,27). The van der Waals surface area contributed by atoms with E-state index in [4.69, 9.17) is 27.9 Å². The van der Waals surface area contributed by atoms with E-state index in [-0.39, 0.29) is 5.91 Å². The fourth-order valence-electron chi connectivity index (χ4n) is 3.45. The molecule has 2 aromatic carbocycles. The molecule has 0 heterocycles. The first-order valence-electron chi connectivity index (χ1n) is 10.1. The molecule has 1 unspecified atom stereocenters. The molecule has 3 rings (SSSR count). The Morgan fingerprint density at radius 3 is 2.69 bits per heavy atom. The van der Waals surface area contributed by atoms with Gasteiger partial charge in [0.05, 0.1) is 0 Å². The quantitative estimate of drug-likeness (QED) is 0.469. The number of aryl methyl sites for hydroxylation is 2. The minimum Gasteiger partial charge on any atom is -0.481 e. The lowest BCUT2D eigenvalue weighted by atomic mass is 9.92. The highest BCUT2D eigenvalue weighted by Crippen LogP contribution is 2.26. The Labute approximate surface area is 187 Å². The van der Waals surface area contributed by atoms with Crippen molar-refractivity contribution in [1.82, 2.24) is 5.32 Å². The van der Waals surface area contributed by atoms with E-state index in [1.165, 1.54) is 24.0 Å². The van der Waals surface area contributed by atoms with Crippen molar-refractivity contribution in [3.05, 3.63) is 63.1 Å². The van der Waals surface area contributed by atoms with Gasteiger partial charge in [0.25, 0.3) is 5.91 Å². The van der Waals surface area contributed by atoms with Crippen molar-refractivity contribution in [2.24, 2.45) is 0 Å². The Morgan fingerprint density at radius 1 is 1.14 bits per heavy atom. The van der Waals surface area contributed by atoms with Gasteiger partial charge in [-0.3, -0.25) is 4.79 Å². The van der Waals surface area contributed by atoms with E-state index in [9.17, 15) is 4.79 Å². The molecule has 29 heavy (non-hydrogen) atoms. The number of fused-ring (bicyclic) bond motifs is 1. The Hall–Kier alpha value is -1.36. The number of thioether (sulfide) groups is 1. The van der Waals surface area contributed by atoms with Gasteiger partial charge in [0.2, 0.25) is 0 Å². The summed E-state index contributed by atoms with van der Waals surface area (Å²) < 4.78 is 6.00. The molecule has 6 heteroatoms. The van der Waals surface area contributed by atoms with E-state index in [1.807, 2.05) is 25.1 Å². The van der Waals surface area contributed by atoms with Crippen molar-refractivity contribution in [1.29, 1.82) is 0 Å². The molecule has 0 radical (unpaired) electrons. The van der Waals surface area contributed by atoms with E-state index in [1.54, 1.807) is 17.8 Å². The molecule has 0 saturated heterocycles. The van der Waals surface area contributed by atoms with Gasteiger partial charge in [0, 0.05) is 28.1 Å². The van der Waals surface area contributed by atoms with Crippen LogP contribution in [0, 0.1) is 0 Å². The van der Waals surface area contributed by atoms with Crippen molar-refractivity contribution < 1.29 is 9.53 Å². The van der Waals surface area contributed by atoms with Gasteiger partial charge in [-0.2, -0.15) is 11.8 Å². The summed E-state index contributed by atoms with van der Waals surface area (Å²) in [6.45, 7) is 2.57. The third kappa shape index (κ3) is 6.56. The Balaban J connectivity index is 1.42. The second kappa shape index (κ2) is 11.1. The van der Waals surface area contributed by atoms with E-state index >= 15 is 0 Å². The normalized spacial score (nSPS) is 14.2. The van der Waals surface area contributed by atoms with Crippen LogP contribution in [-0.4, -0.2) is 24.3 Å². The van der Waals surface area contributed by atoms with E-state index in [0.29, 0.717) is 23.0 Å². The Morgan fingerprint density at radius 2 is 1.93 bits per heavy atom. The molecule has 2 aromatic rings. The molecule has 156 valence electrons. The van der Waals surface area contributed by atoms with Crippen LogP contribution in [-0.2, 0) is 23.4 Å². The summed E-state index contributed by atoms with van der Waals surface area (Å²) in [6.07, 6.45) is 4.91. The molecule has 1 N–H and O–H groups in total. The maximum Gasteiger partial charge on any atom is 0.261 e. The molecule has 0 saturated carbocycles. The first kappa shape index (κ1) is 22.3. The maximum atomic E-state index is 12.5. The van der Waals surface area contributed by atoms with Crippen LogP contribution in [0.25, 0.3) is 0 Å². The molecule has 1 aliphatic carbocycles. The smallest absolute Gasteiger partial charge is 0.261 e. The second-order valence-electron chi connectivity index (χ2n) is 7.23. The highest BCUT2D eigenvalue weighted by Gasteiger charge is 2.19. The number of benzene rings is 2. The lowest BCUT2D eigenvalue weighted by Gasteiger charge is -2.20. The van der Waals surface area contributed by atoms with Crippen LogP contribution in [0.5, 0.6) is 5.75 Å². The second-order valence-corrected chi connectivity index (χ2v) is 9.18. The molecule has 0 fully saturated rings. The van der Waals surface area contributed by atoms with Crippen molar-refractivity contribution >= 4 is 40.9 Å². The van der Waals surface area contributed by atoms with Gasteiger partial charge in [-0.05, 0) is 73.1 Å². The van der Waals surface area contributed by atoms with Crippen LogP contribution in [0.4, 0.5) is 0 Å². The largest absolute Gasteiger partial charge is 0.481 e. The predicted octanol–water partition coefficient (Wildman–Crippen LogP) is 6.08. The summed E-state index contributed by atoms with van der Waals surface area (Å²) in [4.78, 5) is 12.5. The molecule has 0 spiro atoms. The van der Waals surface area contributed by atoms with Crippen LogP contribution in [0.1, 0.15) is 42.9 Å². The average molecular weight is 452 g/mol. The number of hydrogen-bond donors (Lipinski definition) is 1. The van der Waals surface area contributed by atoms with Gasteiger partial charge >= 0.3 is 0 Å². The summed E-state index contributed by atoms with van der Waals surface area (Å²) >= 11 is 13.8. The number of rotatable bonds is 9. The fourth-order valence-corrected chi connectivity index (χ4v) is 4.87. The lowest BCUT2D eigenvalue weighted by molar-refractivity contribution is -0.127. The number of amides is 1. The first-order valence-corrected chi connectivity index (χ1v) is 12.1. The monoisotopic (exact) mass is 451 g/mol.